The fraction of sp³-hybridized carbons (Fsp3) is 0.681. The van der Waals surface area contributed by atoms with Crippen molar-refractivity contribution in [3.8, 4) is 0 Å². The van der Waals surface area contributed by atoms with Gasteiger partial charge < -0.3 is 30.1 Å². The summed E-state index contributed by atoms with van der Waals surface area (Å²) in [5.41, 5.74) is 2.09. The topological polar surface area (TPSA) is 185 Å². The van der Waals surface area contributed by atoms with Crippen molar-refractivity contribution in [1.82, 2.24) is 25.4 Å². The number of amides is 3. The number of rotatable bonds is 25. The van der Waals surface area contributed by atoms with Crippen LogP contribution in [-0.2, 0) is 39.9 Å². The first-order chi connectivity index (χ1) is 29.4. The molecule has 0 radical (unpaired) electrons. The SMILES string of the molecule is CC.CC.CCCC.CCCCN(C)CC(=O)NCC(=O)N(COC(=O)CCC)C(CC(OC(C)=O)c1nc(C(=O)NC(Cc2ccc(C)cc2)C[C@H](C)C(=O)O)cs1)C(C)C. The van der Waals surface area contributed by atoms with Crippen LogP contribution in [0.5, 0.6) is 0 Å². The predicted octanol–water partition coefficient (Wildman–Crippen LogP) is 8.76. The van der Waals surface area contributed by atoms with Crippen LogP contribution in [0.15, 0.2) is 29.6 Å². The van der Waals surface area contributed by atoms with E-state index in [2.05, 4.69) is 36.4 Å². The first kappa shape index (κ1) is 59.7. The fourth-order valence-electron chi connectivity index (χ4n) is 5.76. The molecular weight excluding hydrogens is 811 g/mol. The van der Waals surface area contributed by atoms with Crippen LogP contribution in [0, 0.1) is 18.8 Å². The first-order valence-electron chi connectivity index (χ1n) is 22.6. The van der Waals surface area contributed by atoms with Crippen molar-refractivity contribution in [2.45, 2.75) is 166 Å². The van der Waals surface area contributed by atoms with Crippen molar-refractivity contribution in [2.75, 3.05) is 33.4 Å². The van der Waals surface area contributed by atoms with Gasteiger partial charge in [-0.2, -0.15) is 0 Å². The minimum absolute atomic E-state index is 0.0583. The quantitative estimate of drug-likeness (QED) is 0.0640. The largest absolute Gasteiger partial charge is 0.481 e. The summed E-state index contributed by atoms with van der Waals surface area (Å²) in [6, 6.07) is 6.65. The van der Waals surface area contributed by atoms with Gasteiger partial charge in [-0.15, -0.1) is 11.3 Å². The average molecular weight is 892 g/mol. The Morgan fingerprint density at radius 1 is 0.887 bits per heavy atom. The zero-order valence-corrected chi connectivity index (χ0v) is 41.2. The molecule has 0 saturated heterocycles. The van der Waals surface area contributed by atoms with Crippen LogP contribution >= 0.6 is 11.3 Å². The molecule has 14 nitrogen and oxygen atoms in total. The van der Waals surface area contributed by atoms with Crippen LogP contribution in [0.1, 0.15) is 167 Å². The van der Waals surface area contributed by atoms with Gasteiger partial charge in [-0.25, -0.2) is 4.98 Å². The number of esters is 2. The monoisotopic (exact) mass is 892 g/mol. The second kappa shape index (κ2) is 35.1. The molecule has 0 aliphatic heterocycles. The predicted molar refractivity (Wildman–Crippen MR) is 249 cm³/mol. The minimum Gasteiger partial charge on any atom is -0.481 e. The number of nitrogens with one attached hydrogen (secondary N) is 2. The summed E-state index contributed by atoms with van der Waals surface area (Å²) >= 11 is 1.11. The number of benzene rings is 1. The molecule has 0 bridgehead atoms. The van der Waals surface area contributed by atoms with Crippen LogP contribution in [0.25, 0.3) is 0 Å². The molecular formula is C47H81N5O9S. The zero-order valence-electron chi connectivity index (χ0n) is 40.4. The molecule has 4 atom stereocenters. The highest BCUT2D eigenvalue weighted by atomic mass is 32.1. The Kier molecular flexibility index (Phi) is 33.8. The number of aromatic nitrogens is 1. The molecule has 0 fully saturated rings. The highest BCUT2D eigenvalue weighted by molar-refractivity contribution is 7.09. The van der Waals surface area contributed by atoms with Gasteiger partial charge >= 0.3 is 17.9 Å². The summed E-state index contributed by atoms with van der Waals surface area (Å²) in [6.45, 7) is 25.0. The van der Waals surface area contributed by atoms with Crippen LogP contribution in [-0.4, -0.2) is 101 Å². The summed E-state index contributed by atoms with van der Waals surface area (Å²) in [5.74, 6) is -4.31. The van der Waals surface area contributed by atoms with E-state index in [-0.39, 0.29) is 56.6 Å². The van der Waals surface area contributed by atoms with Crippen LogP contribution in [0.3, 0.4) is 0 Å². The van der Waals surface area contributed by atoms with Crippen molar-refractivity contribution < 1.29 is 43.3 Å². The van der Waals surface area contributed by atoms with E-state index in [4.69, 9.17) is 9.47 Å². The Hall–Kier alpha value is -4.37. The van der Waals surface area contributed by atoms with Gasteiger partial charge in [-0.05, 0) is 57.7 Å². The molecule has 1 aromatic heterocycles. The molecule has 3 unspecified atom stereocenters. The van der Waals surface area contributed by atoms with Gasteiger partial charge in [0.05, 0.1) is 19.0 Å². The molecule has 3 amide bonds. The number of aliphatic carboxylic acids is 1. The van der Waals surface area contributed by atoms with Crippen LogP contribution in [0.2, 0.25) is 0 Å². The molecule has 15 heteroatoms. The van der Waals surface area contributed by atoms with Crippen molar-refractivity contribution >= 4 is 47.0 Å². The maximum absolute atomic E-state index is 13.7. The van der Waals surface area contributed by atoms with Gasteiger partial charge in [0.2, 0.25) is 11.8 Å². The third-order valence-corrected chi connectivity index (χ3v) is 10.3. The summed E-state index contributed by atoms with van der Waals surface area (Å²) in [5, 5.41) is 17.0. The number of aryl methyl sites for hydroxylation is 1. The number of carbonyl (C=O) groups excluding carboxylic acids is 5. The number of carbonyl (C=O) groups is 6. The molecule has 2 aromatic rings. The van der Waals surface area contributed by atoms with E-state index in [0.29, 0.717) is 17.8 Å². The van der Waals surface area contributed by atoms with Gasteiger partial charge in [0, 0.05) is 37.2 Å². The number of hydrogen-bond donors (Lipinski definition) is 3. The number of likely N-dealkylation sites (N-methyl/N-ethyl adjacent to an activating group) is 1. The Bertz CT molecular complexity index is 1560. The Morgan fingerprint density at radius 2 is 1.50 bits per heavy atom. The molecule has 62 heavy (non-hydrogen) atoms. The van der Waals surface area contributed by atoms with Gasteiger partial charge in [0.1, 0.15) is 10.7 Å². The molecule has 0 saturated carbocycles. The molecule has 0 spiro atoms. The van der Waals surface area contributed by atoms with Crippen molar-refractivity contribution in [3.63, 3.8) is 0 Å². The van der Waals surface area contributed by atoms with E-state index < -0.39 is 53.8 Å². The second-order valence-electron chi connectivity index (χ2n) is 15.2. The molecule has 2 rings (SSSR count). The summed E-state index contributed by atoms with van der Waals surface area (Å²) in [6.07, 6.45) is 4.97. The van der Waals surface area contributed by atoms with E-state index in [0.717, 1.165) is 41.9 Å². The van der Waals surface area contributed by atoms with E-state index >= 15 is 0 Å². The lowest BCUT2D eigenvalue weighted by Gasteiger charge is -2.35. The molecule has 3 N–H and O–H groups in total. The lowest BCUT2D eigenvalue weighted by molar-refractivity contribution is -0.158. The number of ether oxygens (including phenoxy) is 2. The number of carboxylic acid groups (broad SMARTS) is 1. The lowest BCUT2D eigenvalue weighted by atomic mass is 9.95. The Labute approximate surface area is 377 Å². The number of carboxylic acids is 1. The number of hydrogen-bond acceptors (Lipinski definition) is 11. The molecule has 1 heterocycles. The summed E-state index contributed by atoms with van der Waals surface area (Å²) in [4.78, 5) is 84.1. The number of unbranched alkanes of at least 4 members (excludes halogenated alkanes) is 2. The maximum Gasteiger partial charge on any atom is 0.307 e. The lowest BCUT2D eigenvalue weighted by Crippen LogP contribution is -2.50. The third-order valence-electron chi connectivity index (χ3n) is 9.34. The van der Waals surface area contributed by atoms with Crippen molar-refractivity contribution in [3.05, 3.63) is 51.5 Å². The van der Waals surface area contributed by atoms with E-state index in [1.54, 1.807) is 6.92 Å². The minimum atomic E-state index is -0.972. The standard InChI is InChI=1S/C39H59N5O9S.C4H10.2C2H6/c1-9-11-17-43(8)22-34(46)40-21-35(47)44(24-52-36(48)12-10-2)32(25(3)4)20-33(53-28(7)45)38-42-31(23-54-38)37(49)41-30(18-27(6)39(50)51)19-29-15-13-26(5)14-16-29;1-3-4-2;2*1-2/h13-16,23,25,27,30,32-33H,9-12,17-22,24H2,1-8H3,(H,40,46)(H,41,49)(H,50,51);3-4H2,1-2H3;2*1-2H3/t27-,30?,32?,33?;;;/m0.../s1. The van der Waals surface area contributed by atoms with E-state index in [1.165, 1.54) is 30.0 Å². The van der Waals surface area contributed by atoms with E-state index in [1.807, 2.05) is 91.6 Å². The highest BCUT2D eigenvalue weighted by Gasteiger charge is 2.34. The van der Waals surface area contributed by atoms with Gasteiger partial charge in [0.15, 0.2) is 12.8 Å². The van der Waals surface area contributed by atoms with Gasteiger partial charge in [-0.1, -0.05) is 125 Å². The third kappa shape index (κ3) is 25.5. The Morgan fingerprint density at radius 3 is 2.02 bits per heavy atom. The number of nitrogens with zero attached hydrogens (tertiary/aromatic N) is 3. The van der Waals surface area contributed by atoms with Gasteiger partial charge in [-0.3, -0.25) is 33.7 Å². The van der Waals surface area contributed by atoms with Crippen LogP contribution < -0.4 is 10.6 Å². The van der Waals surface area contributed by atoms with Crippen molar-refractivity contribution in [1.29, 1.82) is 0 Å². The smallest absolute Gasteiger partial charge is 0.307 e. The van der Waals surface area contributed by atoms with Crippen LogP contribution in [0.4, 0.5) is 0 Å². The normalized spacial score (nSPS) is 12.4. The Balaban J connectivity index is 0. The maximum atomic E-state index is 13.7. The molecule has 1 aromatic carbocycles. The average Bonchev–Trinajstić information content (AvgIpc) is 3.74. The van der Waals surface area contributed by atoms with Gasteiger partial charge in [0.25, 0.3) is 5.91 Å². The molecule has 0 aliphatic carbocycles. The van der Waals surface area contributed by atoms with Crippen molar-refractivity contribution in [2.24, 2.45) is 11.8 Å². The zero-order chi connectivity index (χ0) is 47.8. The summed E-state index contributed by atoms with van der Waals surface area (Å²) in [7, 11) is 1.83. The molecule has 354 valence electrons. The molecule has 0 aliphatic rings. The number of thiazole rings is 1. The second-order valence-corrected chi connectivity index (χ2v) is 16.1. The van der Waals surface area contributed by atoms with E-state index in [9.17, 15) is 33.9 Å². The summed E-state index contributed by atoms with van der Waals surface area (Å²) < 4.78 is 11.2. The first-order valence-corrected chi connectivity index (χ1v) is 23.5. The fourth-order valence-corrected chi connectivity index (χ4v) is 6.60. The highest BCUT2D eigenvalue weighted by Crippen LogP contribution is 2.31.